The maximum absolute atomic E-state index is 11.6. The van der Waals surface area contributed by atoms with Crippen LogP contribution in [0.3, 0.4) is 0 Å². The fraction of sp³-hybridized carbons (Fsp3) is 0.235. The molecule has 1 aliphatic rings. The highest BCUT2D eigenvalue weighted by Gasteiger charge is 2.21. The van der Waals surface area contributed by atoms with E-state index in [-0.39, 0.29) is 5.56 Å². The van der Waals surface area contributed by atoms with Gasteiger partial charge in [-0.05, 0) is 37.1 Å². The molecule has 22 heavy (non-hydrogen) atoms. The van der Waals surface area contributed by atoms with Crippen LogP contribution in [0.5, 0.6) is 0 Å². The number of carboxylic acid groups (broad SMARTS) is 1. The minimum Gasteiger partial charge on any atom is -0.478 e. The molecule has 0 bridgehead atoms. The fourth-order valence-corrected chi connectivity index (χ4v) is 2.95. The maximum Gasteiger partial charge on any atom is 0.337 e. The number of nitrogens with one attached hydrogen (secondary N) is 1. The van der Waals surface area contributed by atoms with Gasteiger partial charge in [-0.2, -0.15) is 0 Å². The van der Waals surface area contributed by atoms with E-state index in [9.17, 15) is 9.90 Å². The van der Waals surface area contributed by atoms with Crippen LogP contribution < -0.4 is 10.2 Å². The molecule has 2 N–H and O–H groups in total. The van der Waals surface area contributed by atoms with Gasteiger partial charge in [-0.15, -0.1) is 0 Å². The molecule has 2 aromatic rings. The Kier molecular flexibility index (Phi) is 4.20. The van der Waals surface area contributed by atoms with Gasteiger partial charge in [0.05, 0.1) is 27.6 Å². The van der Waals surface area contributed by atoms with E-state index in [0.29, 0.717) is 16.4 Å². The first-order chi connectivity index (χ1) is 10.7. The summed E-state index contributed by atoms with van der Waals surface area (Å²) in [7, 11) is 0. The molecule has 0 aromatic heterocycles. The van der Waals surface area contributed by atoms with Crippen LogP contribution in [0.1, 0.15) is 23.2 Å². The van der Waals surface area contributed by atoms with Gasteiger partial charge in [0, 0.05) is 13.1 Å². The molecule has 4 nitrogen and oxygen atoms in total. The van der Waals surface area contributed by atoms with Crippen molar-refractivity contribution in [2.24, 2.45) is 0 Å². The first-order valence-electron chi connectivity index (χ1n) is 7.29. The molecule has 0 spiro atoms. The number of benzene rings is 2. The number of hydrogen-bond acceptors (Lipinski definition) is 3. The van der Waals surface area contributed by atoms with E-state index in [1.165, 1.54) is 0 Å². The fourth-order valence-electron chi connectivity index (χ4n) is 2.77. The van der Waals surface area contributed by atoms with Crippen molar-refractivity contribution < 1.29 is 9.90 Å². The minimum atomic E-state index is -0.949. The number of carbonyl (C=O) groups is 1. The summed E-state index contributed by atoms with van der Waals surface area (Å²) in [6.07, 6.45) is 2.26. The quantitative estimate of drug-likeness (QED) is 0.878. The second-order valence-electron chi connectivity index (χ2n) is 5.30. The predicted octanol–water partition coefficient (Wildman–Crippen LogP) is 4.38. The Labute approximate surface area is 134 Å². The summed E-state index contributed by atoms with van der Waals surface area (Å²) in [5, 5.41) is 13.3. The minimum absolute atomic E-state index is 0.254. The normalized spacial score (nSPS) is 14.1. The lowest BCUT2D eigenvalue weighted by molar-refractivity contribution is 0.0698. The number of hydrogen-bond donors (Lipinski definition) is 2. The van der Waals surface area contributed by atoms with Crippen LogP contribution in [-0.2, 0) is 0 Å². The molecular weight excluding hydrogens is 300 g/mol. The lowest BCUT2D eigenvalue weighted by atomic mass is 10.1. The van der Waals surface area contributed by atoms with E-state index < -0.39 is 5.97 Å². The third-order valence-corrected chi connectivity index (χ3v) is 4.18. The zero-order valence-corrected chi connectivity index (χ0v) is 12.8. The van der Waals surface area contributed by atoms with Crippen molar-refractivity contribution in [1.82, 2.24) is 0 Å². The van der Waals surface area contributed by atoms with Gasteiger partial charge in [0.2, 0.25) is 0 Å². The van der Waals surface area contributed by atoms with Crippen molar-refractivity contribution in [3.05, 3.63) is 53.1 Å². The number of para-hydroxylation sites is 2. The summed E-state index contributed by atoms with van der Waals surface area (Å²) in [6.45, 7) is 1.89. The van der Waals surface area contributed by atoms with E-state index in [1.54, 1.807) is 18.2 Å². The summed E-state index contributed by atoms with van der Waals surface area (Å²) in [6, 6.07) is 12.7. The van der Waals surface area contributed by atoms with Crippen LogP contribution in [0.2, 0.25) is 5.02 Å². The molecule has 0 unspecified atom stereocenters. The first kappa shape index (κ1) is 14.7. The second kappa shape index (κ2) is 6.28. The van der Waals surface area contributed by atoms with Crippen LogP contribution in [0, 0.1) is 0 Å². The third-order valence-electron chi connectivity index (χ3n) is 3.85. The van der Waals surface area contributed by atoms with Crippen LogP contribution in [0.4, 0.5) is 17.1 Å². The van der Waals surface area contributed by atoms with Crippen LogP contribution in [0.15, 0.2) is 42.5 Å². The number of halogens is 1. The van der Waals surface area contributed by atoms with Crippen molar-refractivity contribution in [2.75, 3.05) is 23.3 Å². The van der Waals surface area contributed by atoms with E-state index in [2.05, 4.69) is 10.2 Å². The number of anilines is 3. The lowest BCUT2D eigenvalue weighted by Gasteiger charge is -2.23. The van der Waals surface area contributed by atoms with E-state index in [1.807, 2.05) is 24.3 Å². The Balaban J connectivity index is 2.06. The van der Waals surface area contributed by atoms with Gasteiger partial charge in [-0.1, -0.05) is 29.8 Å². The maximum atomic E-state index is 11.6. The molecule has 0 amide bonds. The summed E-state index contributed by atoms with van der Waals surface area (Å²) in [4.78, 5) is 13.8. The SMILES string of the molecule is O=C(O)c1cccc(N2CCCC2)c1Nc1ccccc1Cl. The molecule has 2 aromatic carbocycles. The smallest absolute Gasteiger partial charge is 0.337 e. The van der Waals surface area contributed by atoms with Gasteiger partial charge >= 0.3 is 5.97 Å². The van der Waals surface area contributed by atoms with Crippen molar-refractivity contribution in [3.8, 4) is 0 Å². The van der Waals surface area contributed by atoms with Gasteiger partial charge < -0.3 is 15.3 Å². The first-order valence-corrected chi connectivity index (χ1v) is 7.67. The van der Waals surface area contributed by atoms with Crippen LogP contribution >= 0.6 is 11.6 Å². The molecule has 1 saturated heterocycles. The van der Waals surface area contributed by atoms with E-state index in [0.717, 1.165) is 31.6 Å². The number of aromatic carboxylic acids is 1. The highest BCUT2D eigenvalue weighted by molar-refractivity contribution is 6.33. The highest BCUT2D eigenvalue weighted by atomic mass is 35.5. The Morgan fingerprint density at radius 2 is 1.82 bits per heavy atom. The zero-order chi connectivity index (χ0) is 15.5. The molecule has 0 radical (unpaired) electrons. The molecule has 0 atom stereocenters. The van der Waals surface area contributed by atoms with Crippen molar-refractivity contribution >= 4 is 34.6 Å². The lowest BCUT2D eigenvalue weighted by Crippen LogP contribution is -2.20. The van der Waals surface area contributed by atoms with Crippen molar-refractivity contribution in [2.45, 2.75) is 12.8 Å². The predicted molar refractivity (Wildman–Crippen MR) is 89.6 cm³/mol. The summed E-state index contributed by atoms with van der Waals surface area (Å²) >= 11 is 6.19. The average molecular weight is 317 g/mol. The van der Waals surface area contributed by atoms with Crippen molar-refractivity contribution in [3.63, 3.8) is 0 Å². The number of nitrogens with zero attached hydrogens (tertiary/aromatic N) is 1. The summed E-state index contributed by atoms with van der Waals surface area (Å²) in [5.41, 5.74) is 2.48. The Bertz CT molecular complexity index is 697. The Morgan fingerprint density at radius 1 is 1.09 bits per heavy atom. The monoisotopic (exact) mass is 316 g/mol. The Hall–Kier alpha value is -2.20. The molecular formula is C17H17ClN2O2. The van der Waals surface area contributed by atoms with Gasteiger partial charge in [0.25, 0.3) is 0 Å². The van der Waals surface area contributed by atoms with Crippen LogP contribution in [0.25, 0.3) is 0 Å². The molecule has 0 saturated carbocycles. The molecule has 3 rings (SSSR count). The largest absolute Gasteiger partial charge is 0.478 e. The topological polar surface area (TPSA) is 52.6 Å². The van der Waals surface area contributed by atoms with E-state index >= 15 is 0 Å². The molecule has 5 heteroatoms. The standard InChI is InChI=1S/C17H17ClN2O2/c18-13-7-1-2-8-14(13)19-16-12(17(21)22)6-5-9-15(16)20-10-3-4-11-20/h1-2,5-9,19H,3-4,10-11H2,(H,21,22). The average Bonchev–Trinajstić information content (AvgIpc) is 3.03. The molecule has 1 aliphatic heterocycles. The summed E-state index contributed by atoms with van der Waals surface area (Å²) < 4.78 is 0. The molecule has 114 valence electrons. The number of rotatable bonds is 4. The molecule has 0 aliphatic carbocycles. The molecule has 1 heterocycles. The van der Waals surface area contributed by atoms with Gasteiger partial charge in [-0.3, -0.25) is 0 Å². The van der Waals surface area contributed by atoms with Crippen LogP contribution in [-0.4, -0.2) is 24.2 Å². The summed E-state index contributed by atoms with van der Waals surface area (Å²) in [5.74, 6) is -0.949. The molecule has 1 fully saturated rings. The second-order valence-corrected chi connectivity index (χ2v) is 5.71. The zero-order valence-electron chi connectivity index (χ0n) is 12.1. The highest BCUT2D eigenvalue weighted by Crippen LogP contribution is 2.36. The third kappa shape index (κ3) is 2.88. The van der Waals surface area contributed by atoms with Crippen molar-refractivity contribution in [1.29, 1.82) is 0 Å². The van der Waals surface area contributed by atoms with E-state index in [4.69, 9.17) is 11.6 Å². The number of carboxylic acids is 1. The van der Waals surface area contributed by atoms with Gasteiger partial charge in [0.15, 0.2) is 0 Å². The van der Waals surface area contributed by atoms with Gasteiger partial charge in [-0.25, -0.2) is 4.79 Å². The Morgan fingerprint density at radius 3 is 2.50 bits per heavy atom. The van der Waals surface area contributed by atoms with Gasteiger partial charge in [0.1, 0.15) is 0 Å².